The summed E-state index contributed by atoms with van der Waals surface area (Å²) in [7, 11) is 0. The molecule has 2 aromatic carbocycles. The Labute approximate surface area is 160 Å². The normalized spacial score (nSPS) is 10.1. The third-order valence-electron chi connectivity index (χ3n) is 3.17. The van der Waals surface area contributed by atoms with Gasteiger partial charge in [0.05, 0.1) is 5.52 Å². The van der Waals surface area contributed by atoms with Crippen LogP contribution in [0.1, 0.15) is 12.5 Å². The monoisotopic (exact) mass is 393 g/mol. The van der Waals surface area contributed by atoms with Crippen LogP contribution in [0.15, 0.2) is 36.4 Å². The van der Waals surface area contributed by atoms with Crippen molar-refractivity contribution >= 4 is 57.5 Å². The minimum Gasteiger partial charge on any atom is -0.481 e. The van der Waals surface area contributed by atoms with Crippen molar-refractivity contribution in [3.63, 3.8) is 0 Å². The number of carboxylic acids is 1. The molecule has 7 nitrogen and oxygen atoms in total. The number of carboxylic acid groups (broad SMARTS) is 1. The Hall–Kier alpha value is -2.77. The molecule has 0 saturated heterocycles. The summed E-state index contributed by atoms with van der Waals surface area (Å²) in [5.41, 5.74) is 14.1. The van der Waals surface area contributed by atoms with E-state index in [1.54, 1.807) is 6.07 Å². The lowest BCUT2D eigenvalue weighted by Crippen LogP contribution is -2.03. The molecule has 0 spiro atoms. The average molecular weight is 394 g/mol. The van der Waals surface area contributed by atoms with Gasteiger partial charge >= 0.3 is 0 Å². The van der Waals surface area contributed by atoms with E-state index < -0.39 is 5.97 Å². The Morgan fingerprint density at radius 1 is 1.12 bits per heavy atom. The first kappa shape index (κ1) is 19.6. The Morgan fingerprint density at radius 3 is 2.35 bits per heavy atom. The number of aliphatic carboxylic acids is 1. The number of nitrogens with zero attached hydrogens (tertiary/aromatic N) is 2. The predicted molar refractivity (Wildman–Crippen MR) is 105 cm³/mol. The maximum atomic E-state index is 9.00. The van der Waals surface area contributed by atoms with Crippen LogP contribution in [0.4, 0.5) is 17.5 Å². The minimum atomic E-state index is -0.833. The molecule has 1 heterocycles. The summed E-state index contributed by atoms with van der Waals surface area (Å²) >= 11 is 12.0. The molecule has 0 saturated carbocycles. The number of nitrogens with two attached hydrogens (primary N) is 2. The van der Waals surface area contributed by atoms with Gasteiger partial charge in [-0.3, -0.25) is 4.79 Å². The molecule has 9 heteroatoms. The van der Waals surface area contributed by atoms with E-state index in [4.69, 9.17) is 44.6 Å². The van der Waals surface area contributed by atoms with E-state index in [9.17, 15) is 0 Å². The van der Waals surface area contributed by atoms with Crippen molar-refractivity contribution in [1.29, 1.82) is 0 Å². The summed E-state index contributed by atoms with van der Waals surface area (Å²) in [6, 6.07) is 11.1. The Bertz CT molecular complexity index is 926. The SMILES string of the molecule is CC(=O)O.Nc1nc(N)c2cc(CNc3cc(Cl)cc(Cl)c3)ccc2n1. The molecule has 6 N–H and O–H groups in total. The Morgan fingerprint density at radius 2 is 1.73 bits per heavy atom. The smallest absolute Gasteiger partial charge is 0.300 e. The molecule has 0 aliphatic carbocycles. The molecule has 136 valence electrons. The van der Waals surface area contributed by atoms with Crippen molar-refractivity contribution in [2.24, 2.45) is 0 Å². The number of hydrogen-bond acceptors (Lipinski definition) is 6. The molecule has 0 aliphatic heterocycles. The predicted octanol–water partition coefficient (Wildman–Crippen LogP) is 3.80. The Balaban J connectivity index is 0.000000552. The highest BCUT2D eigenvalue weighted by molar-refractivity contribution is 6.35. The van der Waals surface area contributed by atoms with Crippen LogP contribution in [0.3, 0.4) is 0 Å². The minimum absolute atomic E-state index is 0.171. The average Bonchev–Trinajstić information content (AvgIpc) is 2.51. The van der Waals surface area contributed by atoms with Gasteiger partial charge in [0.1, 0.15) is 5.82 Å². The first-order valence-electron chi connectivity index (χ1n) is 7.45. The molecule has 3 aromatic rings. The van der Waals surface area contributed by atoms with Crippen molar-refractivity contribution in [2.75, 3.05) is 16.8 Å². The van der Waals surface area contributed by atoms with Gasteiger partial charge in [0.15, 0.2) is 0 Å². The van der Waals surface area contributed by atoms with E-state index in [1.165, 1.54) is 0 Å². The number of hydrogen-bond donors (Lipinski definition) is 4. The topological polar surface area (TPSA) is 127 Å². The summed E-state index contributed by atoms with van der Waals surface area (Å²) in [5, 5.41) is 12.6. The second-order valence-corrected chi connectivity index (χ2v) is 6.22. The first-order valence-corrected chi connectivity index (χ1v) is 8.21. The molecule has 0 atom stereocenters. The number of halogens is 2. The number of nitrogens with one attached hydrogen (secondary N) is 1. The second-order valence-electron chi connectivity index (χ2n) is 5.35. The lowest BCUT2D eigenvalue weighted by molar-refractivity contribution is -0.134. The van der Waals surface area contributed by atoms with Crippen LogP contribution < -0.4 is 16.8 Å². The molecular weight excluding hydrogens is 377 g/mol. The number of fused-ring (bicyclic) bond motifs is 1. The number of benzene rings is 2. The van der Waals surface area contributed by atoms with Crippen molar-refractivity contribution in [1.82, 2.24) is 9.97 Å². The van der Waals surface area contributed by atoms with Gasteiger partial charge in [0, 0.05) is 34.6 Å². The van der Waals surface area contributed by atoms with Crippen LogP contribution >= 0.6 is 23.2 Å². The maximum absolute atomic E-state index is 9.00. The lowest BCUT2D eigenvalue weighted by atomic mass is 10.1. The zero-order valence-corrected chi connectivity index (χ0v) is 15.3. The molecular formula is C17H17Cl2N5O2. The zero-order chi connectivity index (χ0) is 19.3. The molecule has 26 heavy (non-hydrogen) atoms. The van der Waals surface area contributed by atoms with E-state index in [0.717, 1.165) is 29.1 Å². The fourth-order valence-corrected chi connectivity index (χ4v) is 2.71. The van der Waals surface area contributed by atoms with E-state index in [0.29, 0.717) is 22.4 Å². The number of rotatable bonds is 3. The highest BCUT2D eigenvalue weighted by Crippen LogP contribution is 2.24. The third-order valence-corrected chi connectivity index (χ3v) is 3.60. The van der Waals surface area contributed by atoms with Gasteiger partial charge in [-0.05, 0) is 35.9 Å². The second kappa shape index (κ2) is 8.55. The summed E-state index contributed by atoms with van der Waals surface area (Å²) in [4.78, 5) is 17.1. The van der Waals surface area contributed by atoms with Gasteiger partial charge < -0.3 is 21.9 Å². The standard InChI is InChI=1S/C15H13Cl2N5.C2H4O2/c16-9-4-10(17)6-11(5-9)20-7-8-1-2-13-12(3-8)14(18)22-15(19)21-13;1-2(3)4/h1-6,20H,7H2,(H4,18,19,21,22);1H3,(H,3,4). The van der Waals surface area contributed by atoms with E-state index in [1.807, 2.05) is 30.3 Å². The van der Waals surface area contributed by atoms with Gasteiger partial charge in [0.2, 0.25) is 5.95 Å². The number of nitrogen functional groups attached to an aromatic ring is 2. The Kier molecular flexibility index (Phi) is 6.43. The zero-order valence-electron chi connectivity index (χ0n) is 13.8. The van der Waals surface area contributed by atoms with Crippen LogP contribution in [-0.2, 0) is 11.3 Å². The van der Waals surface area contributed by atoms with Crippen molar-refractivity contribution in [3.05, 3.63) is 52.0 Å². The first-order chi connectivity index (χ1) is 12.2. The van der Waals surface area contributed by atoms with Crippen LogP contribution in [0.25, 0.3) is 10.9 Å². The summed E-state index contributed by atoms with van der Waals surface area (Å²) in [6.07, 6.45) is 0. The van der Waals surface area contributed by atoms with Crippen LogP contribution in [0.5, 0.6) is 0 Å². The molecule has 0 fully saturated rings. The van der Waals surface area contributed by atoms with E-state index in [2.05, 4.69) is 15.3 Å². The van der Waals surface area contributed by atoms with Crippen LogP contribution in [0, 0.1) is 0 Å². The van der Waals surface area contributed by atoms with Crippen molar-refractivity contribution < 1.29 is 9.90 Å². The molecule has 0 radical (unpaired) electrons. The molecule has 0 aliphatic rings. The maximum Gasteiger partial charge on any atom is 0.300 e. The fourth-order valence-electron chi connectivity index (χ4n) is 2.19. The van der Waals surface area contributed by atoms with Gasteiger partial charge in [-0.15, -0.1) is 0 Å². The van der Waals surface area contributed by atoms with E-state index >= 15 is 0 Å². The van der Waals surface area contributed by atoms with Crippen LogP contribution in [-0.4, -0.2) is 21.0 Å². The number of carbonyl (C=O) groups is 1. The van der Waals surface area contributed by atoms with Gasteiger partial charge in [0.25, 0.3) is 5.97 Å². The van der Waals surface area contributed by atoms with Crippen molar-refractivity contribution in [2.45, 2.75) is 13.5 Å². The molecule has 0 amide bonds. The number of aromatic nitrogens is 2. The summed E-state index contributed by atoms with van der Waals surface area (Å²) < 4.78 is 0. The van der Waals surface area contributed by atoms with Gasteiger partial charge in [-0.1, -0.05) is 29.3 Å². The van der Waals surface area contributed by atoms with Crippen molar-refractivity contribution in [3.8, 4) is 0 Å². The molecule has 0 bridgehead atoms. The lowest BCUT2D eigenvalue weighted by Gasteiger charge is -2.09. The summed E-state index contributed by atoms with van der Waals surface area (Å²) in [5.74, 6) is -0.292. The van der Waals surface area contributed by atoms with E-state index in [-0.39, 0.29) is 5.95 Å². The third kappa shape index (κ3) is 5.65. The molecule has 3 rings (SSSR count). The number of anilines is 3. The summed E-state index contributed by atoms with van der Waals surface area (Å²) in [6.45, 7) is 1.68. The highest BCUT2D eigenvalue weighted by Gasteiger charge is 2.05. The fraction of sp³-hybridized carbons (Fsp3) is 0.118. The van der Waals surface area contributed by atoms with Gasteiger partial charge in [-0.25, -0.2) is 4.98 Å². The quantitative estimate of drug-likeness (QED) is 0.532. The highest BCUT2D eigenvalue weighted by atomic mass is 35.5. The molecule has 0 unspecified atom stereocenters. The largest absolute Gasteiger partial charge is 0.481 e. The van der Waals surface area contributed by atoms with Crippen LogP contribution in [0.2, 0.25) is 10.0 Å². The van der Waals surface area contributed by atoms with Gasteiger partial charge in [-0.2, -0.15) is 4.98 Å². The molecule has 1 aromatic heterocycles.